The molecule has 1 unspecified atom stereocenters. The van der Waals surface area contributed by atoms with Gasteiger partial charge in [0.25, 0.3) is 0 Å². The molecule has 0 saturated heterocycles. The Bertz CT molecular complexity index is 138. The van der Waals surface area contributed by atoms with Crippen LogP contribution in [0.15, 0.2) is 0 Å². The van der Waals surface area contributed by atoms with E-state index in [2.05, 4.69) is 6.07 Å². The van der Waals surface area contributed by atoms with Crippen LogP contribution in [0.25, 0.3) is 0 Å². The molecule has 0 aromatic heterocycles. The Morgan fingerprint density at radius 2 is 2.33 bits per heavy atom. The largest absolute Gasteiger partial charge is 0.197 e. The minimum Gasteiger partial charge on any atom is -0.197 e. The van der Waals surface area contributed by atoms with Crippen LogP contribution in [-0.4, -0.2) is 15.0 Å². The van der Waals surface area contributed by atoms with Crippen molar-refractivity contribution in [3.63, 3.8) is 0 Å². The highest BCUT2D eigenvalue weighted by atomic mass is 32.2. The van der Waals surface area contributed by atoms with Gasteiger partial charge in [-0.2, -0.15) is 5.26 Å². The summed E-state index contributed by atoms with van der Waals surface area (Å²) in [6, 6.07) is 2.09. The highest BCUT2D eigenvalue weighted by Crippen LogP contribution is 2.18. The van der Waals surface area contributed by atoms with Crippen LogP contribution in [0.2, 0.25) is 0 Å². The van der Waals surface area contributed by atoms with Crippen LogP contribution in [0.4, 0.5) is 0 Å². The monoisotopic (exact) mass is 177 g/mol. The van der Waals surface area contributed by atoms with E-state index in [-0.39, 0.29) is 5.25 Å². The Kier molecular flexibility index (Phi) is 5.25. The van der Waals surface area contributed by atoms with E-state index in [0.29, 0.717) is 0 Å². The van der Waals surface area contributed by atoms with E-state index in [4.69, 9.17) is 17.5 Å². The number of rotatable bonds is 1. The Hall–Kier alpha value is 0.280. The fourth-order valence-corrected chi connectivity index (χ4v) is 1.81. The van der Waals surface area contributed by atoms with Crippen molar-refractivity contribution in [1.82, 2.24) is 0 Å². The van der Waals surface area contributed by atoms with Crippen LogP contribution in [0.3, 0.4) is 0 Å². The van der Waals surface area contributed by atoms with Gasteiger partial charge in [-0.1, -0.05) is 24.0 Å². The molecule has 0 rings (SSSR count). The maximum atomic E-state index is 8.34. The van der Waals surface area contributed by atoms with Gasteiger partial charge in [0.05, 0.1) is 11.3 Å². The Morgan fingerprint density at radius 3 is 2.67 bits per heavy atom. The van der Waals surface area contributed by atoms with Crippen LogP contribution in [0.1, 0.15) is 6.92 Å². The fraction of sp³-hybridized carbons (Fsp3) is 0.600. The first kappa shape index (κ1) is 9.28. The first-order chi connectivity index (χ1) is 4.20. The molecule has 0 saturated carbocycles. The third-order valence-electron chi connectivity index (χ3n) is 0.621. The summed E-state index contributed by atoms with van der Waals surface area (Å²) in [5.74, 6) is 0. The SMILES string of the molecule is CSC(=S)SC(C)C#N. The molecule has 0 aliphatic rings. The molecule has 0 heterocycles. The second-order valence-electron chi connectivity index (χ2n) is 1.34. The van der Waals surface area contributed by atoms with E-state index in [9.17, 15) is 0 Å². The summed E-state index contributed by atoms with van der Waals surface area (Å²) in [5, 5.41) is 8.33. The summed E-state index contributed by atoms with van der Waals surface area (Å²) in [6.07, 6.45) is 1.92. The van der Waals surface area contributed by atoms with Crippen molar-refractivity contribution < 1.29 is 0 Å². The van der Waals surface area contributed by atoms with Crippen LogP contribution in [0, 0.1) is 11.3 Å². The van der Waals surface area contributed by atoms with E-state index < -0.39 is 0 Å². The highest BCUT2D eigenvalue weighted by molar-refractivity contribution is 8.47. The molecule has 0 aliphatic heterocycles. The van der Waals surface area contributed by atoms with Gasteiger partial charge in [-0.05, 0) is 13.2 Å². The molecule has 0 aromatic carbocycles. The van der Waals surface area contributed by atoms with Crippen molar-refractivity contribution >= 4 is 39.3 Å². The van der Waals surface area contributed by atoms with Crippen LogP contribution < -0.4 is 0 Å². The van der Waals surface area contributed by atoms with Crippen molar-refractivity contribution in [2.24, 2.45) is 0 Å². The van der Waals surface area contributed by atoms with Crippen molar-refractivity contribution in [1.29, 1.82) is 5.26 Å². The summed E-state index contributed by atoms with van der Waals surface area (Å²) in [7, 11) is 0. The molecule has 50 valence electrons. The first-order valence-electron chi connectivity index (χ1n) is 2.35. The van der Waals surface area contributed by atoms with Crippen LogP contribution in [0.5, 0.6) is 0 Å². The van der Waals surface area contributed by atoms with Gasteiger partial charge in [0.1, 0.15) is 3.53 Å². The van der Waals surface area contributed by atoms with E-state index in [0.717, 1.165) is 3.53 Å². The number of hydrogen-bond donors (Lipinski definition) is 0. The summed E-state index contributed by atoms with van der Waals surface area (Å²) >= 11 is 7.82. The molecule has 4 heteroatoms. The first-order valence-corrected chi connectivity index (χ1v) is 4.86. The van der Waals surface area contributed by atoms with E-state index in [1.807, 2.05) is 13.2 Å². The van der Waals surface area contributed by atoms with Gasteiger partial charge in [0.15, 0.2) is 0 Å². The van der Waals surface area contributed by atoms with Crippen LogP contribution >= 0.6 is 35.7 Å². The molecule has 0 spiro atoms. The van der Waals surface area contributed by atoms with E-state index in [1.165, 1.54) is 23.5 Å². The van der Waals surface area contributed by atoms with E-state index in [1.54, 1.807) is 0 Å². The van der Waals surface area contributed by atoms with Crippen molar-refractivity contribution in [3.05, 3.63) is 0 Å². The quantitative estimate of drug-likeness (QED) is 0.573. The topological polar surface area (TPSA) is 23.8 Å². The van der Waals surface area contributed by atoms with Gasteiger partial charge in [-0.3, -0.25) is 0 Å². The lowest BCUT2D eigenvalue weighted by Gasteiger charge is -1.98. The number of nitrogens with zero attached hydrogens (tertiary/aromatic N) is 1. The minimum absolute atomic E-state index is 0.00931. The second kappa shape index (κ2) is 5.10. The Balaban J connectivity index is 3.50. The summed E-state index contributed by atoms with van der Waals surface area (Å²) in [4.78, 5) is 0. The molecule has 0 radical (unpaired) electrons. The molecular formula is C5H7NS3. The zero-order valence-corrected chi connectivity index (χ0v) is 7.70. The van der Waals surface area contributed by atoms with Gasteiger partial charge in [0.2, 0.25) is 0 Å². The molecule has 0 bridgehead atoms. The normalized spacial score (nSPS) is 12.1. The third kappa shape index (κ3) is 4.76. The molecular weight excluding hydrogens is 170 g/mol. The fourth-order valence-electron chi connectivity index (χ4n) is 0.219. The Morgan fingerprint density at radius 1 is 1.78 bits per heavy atom. The molecule has 0 amide bonds. The highest BCUT2D eigenvalue weighted by Gasteiger charge is 2.02. The number of thioether (sulfide) groups is 2. The standard InChI is InChI=1S/C5H7NS3/c1-4(3-6)9-5(7)8-2/h4H,1-2H3. The lowest BCUT2D eigenvalue weighted by atomic mass is 10.5. The zero-order valence-electron chi connectivity index (χ0n) is 5.25. The lowest BCUT2D eigenvalue weighted by molar-refractivity contribution is 1.25. The smallest absolute Gasteiger partial charge is 0.105 e. The average molecular weight is 177 g/mol. The summed E-state index contributed by atoms with van der Waals surface area (Å²) in [6.45, 7) is 1.84. The number of hydrogen-bond acceptors (Lipinski definition) is 4. The minimum atomic E-state index is -0.00931. The average Bonchev–Trinajstić information content (AvgIpc) is 1.87. The number of thiocarbonyl (C=S) groups is 1. The predicted molar refractivity (Wildman–Crippen MR) is 48.8 cm³/mol. The molecule has 0 fully saturated rings. The van der Waals surface area contributed by atoms with Crippen molar-refractivity contribution in [2.75, 3.05) is 6.26 Å². The number of nitriles is 1. The van der Waals surface area contributed by atoms with Gasteiger partial charge in [0, 0.05) is 0 Å². The van der Waals surface area contributed by atoms with Crippen molar-refractivity contribution in [2.45, 2.75) is 12.2 Å². The van der Waals surface area contributed by atoms with E-state index >= 15 is 0 Å². The summed E-state index contributed by atoms with van der Waals surface area (Å²) in [5.41, 5.74) is 0. The lowest BCUT2D eigenvalue weighted by Crippen LogP contribution is -1.92. The van der Waals surface area contributed by atoms with Gasteiger partial charge in [-0.25, -0.2) is 0 Å². The van der Waals surface area contributed by atoms with Crippen molar-refractivity contribution in [3.8, 4) is 6.07 Å². The molecule has 0 N–H and O–H groups in total. The maximum Gasteiger partial charge on any atom is 0.105 e. The molecule has 0 aliphatic carbocycles. The Labute approximate surface area is 69.2 Å². The third-order valence-corrected chi connectivity index (χ3v) is 3.18. The molecule has 0 aromatic rings. The molecule has 1 nitrogen and oxygen atoms in total. The van der Waals surface area contributed by atoms with Crippen LogP contribution in [-0.2, 0) is 0 Å². The molecule has 9 heavy (non-hydrogen) atoms. The maximum absolute atomic E-state index is 8.34. The van der Waals surface area contributed by atoms with Gasteiger partial charge < -0.3 is 0 Å². The van der Waals surface area contributed by atoms with Gasteiger partial charge >= 0.3 is 0 Å². The van der Waals surface area contributed by atoms with Gasteiger partial charge in [-0.15, -0.1) is 11.8 Å². The predicted octanol–water partition coefficient (Wildman–Crippen LogP) is 2.28. The second-order valence-corrected chi connectivity index (χ2v) is 4.69. The zero-order chi connectivity index (χ0) is 7.28. The summed E-state index contributed by atoms with van der Waals surface area (Å²) < 4.78 is 0.837. The molecule has 1 atom stereocenters.